The molecule has 0 saturated carbocycles. The van der Waals surface area contributed by atoms with E-state index in [1.807, 2.05) is 19.2 Å². The molecular weight excluding hydrogens is 230 g/mol. The average molecular weight is 240 g/mol. The molecule has 3 heteroatoms. The molecule has 2 aromatic rings. The molecule has 2 heterocycles. The number of halogens is 1. The summed E-state index contributed by atoms with van der Waals surface area (Å²) in [6.45, 7) is 2.07. The Balaban J connectivity index is 2.64. The second-order valence-corrected chi connectivity index (χ2v) is 3.87. The van der Waals surface area contributed by atoms with Crippen molar-refractivity contribution in [3.63, 3.8) is 0 Å². The maximum atomic E-state index is 5.34. The minimum absolute atomic E-state index is 0.891. The van der Waals surface area contributed by atoms with Crippen molar-refractivity contribution < 1.29 is 4.42 Å². The summed E-state index contributed by atoms with van der Waals surface area (Å²) in [4.78, 5) is 0. The van der Waals surface area contributed by atoms with E-state index in [0.29, 0.717) is 0 Å². The van der Waals surface area contributed by atoms with Crippen LogP contribution in [0, 0.1) is 6.92 Å². The highest BCUT2D eigenvalue weighted by atomic mass is 79.9. The summed E-state index contributed by atoms with van der Waals surface area (Å²) in [7, 11) is 2.03. The van der Waals surface area contributed by atoms with Gasteiger partial charge < -0.3 is 8.98 Å². The third-order valence-corrected chi connectivity index (χ3v) is 2.79. The second-order valence-electron chi connectivity index (χ2n) is 3.02. The van der Waals surface area contributed by atoms with Crippen LogP contribution in [0.2, 0.25) is 0 Å². The fourth-order valence-electron chi connectivity index (χ4n) is 1.38. The zero-order valence-corrected chi connectivity index (χ0v) is 9.13. The van der Waals surface area contributed by atoms with Gasteiger partial charge in [0, 0.05) is 17.2 Å². The highest BCUT2D eigenvalue weighted by molar-refractivity contribution is 9.10. The summed E-state index contributed by atoms with van der Waals surface area (Å²) < 4.78 is 8.52. The normalized spacial score (nSPS) is 10.7. The van der Waals surface area contributed by atoms with E-state index >= 15 is 0 Å². The number of nitrogens with zero attached hydrogens (tertiary/aromatic N) is 1. The fourth-order valence-corrected chi connectivity index (χ4v) is 2.17. The van der Waals surface area contributed by atoms with Gasteiger partial charge in [0.05, 0.1) is 12.0 Å². The third kappa shape index (κ3) is 1.33. The molecule has 2 nitrogen and oxygen atoms in total. The van der Waals surface area contributed by atoms with Gasteiger partial charge in [0.25, 0.3) is 0 Å². The predicted octanol–water partition coefficient (Wildman–Crippen LogP) is 3.36. The summed E-state index contributed by atoms with van der Waals surface area (Å²) in [5, 5.41) is 0. The van der Waals surface area contributed by atoms with E-state index in [9.17, 15) is 0 Å². The summed E-state index contributed by atoms with van der Waals surface area (Å²) in [6.07, 6.45) is 1.68. The predicted molar refractivity (Wildman–Crippen MR) is 55.6 cm³/mol. The molecule has 0 N–H and O–H groups in total. The van der Waals surface area contributed by atoms with Gasteiger partial charge >= 0.3 is 0 Å². The van der Waals surface area contributed by atoms with Gasteiger partial charge in [-0.3, -0.25) is 0 Å². The van der Waals surface area contributed by atoms with Crippen LogP contribution in [-0.2, 0) is 7.05 Å². The van der Waals surface area contributed by atoms with Crippen LogP contribution in [0.5, 0.6) is 0 Å². The van der Waals surface area contributed by atoms with Gasteiger partial charge in [-0.15, -0.1) is 0 Å². The number of hydrogen-bond donors (Lipinski definition) is 0. The molecule has 0 aliphatic carbocycles. The Labute approximate surface area is 85.3 Å². The summed E-state index contributed by atoms with van der Waals surface area (Å²) >= 11 is 3.51. The summed E-state index contributed by atoms with van der Waals surface area (Å²) in [5.41, 5.74) is 2.29. The zero-order valence-electron chi connectivity index (χ0n) is 7.54. The molecular formula is C10H10BrNO. The Hall–Kier alpha value is -0.960. The Morgan fingerprint density at radius 2 is 2.23 bits per heavy atom. The Morgan fingerprint density at radius 1 is 1.46 bits per heavy atom. The molecule has 0 saturated heterocycles. The van der Waals surface area contributed by atoms with Crippen LogP contribution in [-0.4, -0.2) is 4.57 Å². The number of rotatable bonds is 1. The average Bonchev–Trinajstić information content (AvgIpc) is 2.63. The lowest BCUT2D eigenvalue weighted by molar-refractivity contribution is 0.576. The topological polar surface area (TPSA) is 18.1 Å². The Morgan fingerprint density at radius 3 is 2.69 bits per heavy atom. The first-order chi connectivity index (χ1) is 6.20. The van der Waals surface area contributed by atoms with Crippen molar-refractivity contribution >= 4 is 15.9 Å². The monoisotopic (exact) mass is 239 g/mol. The van der Waals surface area contributed by atoms with Crippen LogP contribution in [0.15, 0.2) is 33.4 Å². The number of aryl methyl sites for hydroxylation is 1. The van der Waals surface area contributed by atoms with Crippen molar-refractivity contribution in [2.24, 2.45) is 7.05 Å². The molecule has 13 heavy (non-hydrogen) atoms. The molecule has 2 aromatic heterocycles. The van der Waals surface area contributed by atoms with Crippen LogP contribution in [0.4, 0.5) is 0 Å². The van der Waals surface area contributed by atoms with Gasteiger partial charge in [-0.2, -0.15) is 0 Å². The van der Waals surface area contributed by atoms with Crippen molar-refractivity contribution in [3.8, 4) is 11.5 Å². The molecule has 0 aliphatic rings. The molecule has 0 bridgehead atoms. The minimum atomic E-state index is 0.891. The quantitative estimate of drug-likeness (QED) is 0.747. The van der Waals surface area contributed by atoms with Gasteiger partial charge in [0.2, 0.25) is 0 Å². The fraction of sp³-hybridized carbons (Fsp3) is 0.200. The summed E-state index contributed by atoms with van der Waals surface area (Å²) in [6, 6.07) is 5.93. The summed E-state index contributed by atoms with van der Waals surface area (Å²) in [5.74, 6) is 0.891. The first-order valence-electron chi connectivity index (χ1n) is 4.06. The van der Waals surface area contributed by atoms with Crippen LogP contribution in [0.1, 0.15) is 5.69 Å². The molecule has 0 aliphatic heterocycles. The van der Waals surface area contributed by atoms with E-state index in [4.69, 9.17) is 4.42 Å². The molecule has 68 valence electrons. The third-order valence-electron chi connectivity index (χ3n) is 2.18. The van der Waals surface area contributed by atoms with Crippen molar-refractivity contribution in [2.75, 3.05) is 0 Å². The molecule has 0 aromatic carbocycles. The van der Waals surface area contributed by atoms with E-state index in [2.05, 4.69) is 33.5 Å². The zero-order chi connectivity index (χ0) is 9.42. The van der Waals surface area contributed by atoms with E-state index in [1.165, 1.54) is 5.69 Å². The molecule has 0 radical (unpaired) electrons. The number of aromatic nitrogens is 1. The van der Waals surface area contributed by atoms with Crippen molar-refractivity contribution in [1.29, 1.82) is 0 Å². The highest BCUT2D eigenvalue weighted by Gasteiger charge is 2.11. The lowest BCUT2D eigenvalue weighted by atomic mass is 10.3. The van der Waals surface area contributed by atoms with Crippen molar-refractivity contribution in [3.05, 3.63) is 34.6 Å². The van der Waals surface area contributed by atoms with E-state index in [0.717, 1.165) is 15.9 Å². The van der Waals surface area contributed by atoms with Gasteiger partial charge in [0.1, 0.15) is 0 Å². The van der Waals surface area contributed by atoms with Crippen LogP contribution in [0.25, 0.3) is 11.5 Å². The number of hydrogen-bond acceptors (Lipinski definition) is 1. The van der Waals surface area contributed by atoms with Crippen molar-refractivity contribution in [2.45, 2.75) is 6.92 Å². The standard InChI is InChI=1S/C10H10BrNO/c1-7-6-8(11)10(12(7)2)9-4-3-5-13-9/h3-6H,1-2H3. The SMILES string of the molecule is Cc1cc(Br)c(-c2ccco2)n1C. The number of furan rings is 1. The molecule has 2 rings (SSSR count). The molecule has 0 atom stereocenters. The first-order valence-corrected chi connectivity index (χ1v) is 4.85. The first kappa shape index (κ1) is 8.63. The maximum absolute atomic E-state index is 5.34. The van der Waals surface area contributed by atoms with Crippen molar-refractivity contribution in [1.82, 2.24) is 4.57 Å². The van der Waals surface area contributed by atoms with Gasteiger partial charge in [-0.1, -0.05) is 0 Å². The lowest BCUT2D eigenvalue weighted by Crippen LogP contribution is -1.92. The molecule has 0 unspecified atom stereocenters. The van der Waals surface area contributed by atoms with E-state index < -0.39 is 0 Å². The Bertz CT molecular complexity index is 414. The maximum Gasteiger partial charge on any atom is 0.151 e. The molecule has 0 amide bonds. The van der Waals surface area contributed by atoms with Gasteiger partial charge in [0.15, 0.2) is 5.76 Å². The Kier molecular flexibility index (Phi) is 2.04. The van der Waals surface area contributed by atoms with Gasteiger partial charge in [-0.05, 0) is 41.1 Å². The van der Waals surface area contributed by atoms with E-state index in [-0.39, 0.29) is 0 Å². The largest absolute Gasteiger partial charge is 0.463 e. The van der Waals surface area contributed by atoms with E-state index in [1.54, 1.807) is 6.26 Å². The van der Waals surface area contributed by atoms with Crippen LogP contribution >= 0.6 is 15.9 Å². The minimum Gasteiger partial charge on any atom is -0.463 e. The molecule has 0 fully saturated rings. The smallest absolute Gasteiger partial charge is 0.151 e. The van der Waals surface area contributed by atoms with Crippen LogP contribution in [0.3, 0.4) is 0 Å². The van der Waals surface area contributed by atoms with Crippen LogP contribution < -0.4 is 0 Å². The highest BCUT2D eigenvalue weighted by Crippen LogP contribution is 2.30. The van der Waals surface area contributed by atoms with Gasteiger partial charge in [-0.25, -0.2) is 0 Å². The lowest BCUT2D eigenvalue weighted by Gasteiger charge is -2.01. The molecule has 0 spiro atoms. The second kappa shape index (κ2) is 3.07.